The molecule has 58 valence electrons. The van der Waals surface area contributed by atoms with Crippen molar-refractivity contribution in [2.75, 3.05) is 0 Å². The minimum Gasteiger partial charge on any atom is -0.427 e. The lowest BCUT2D eigenvalue weighted by Gasteiger charge is -1.88. The van der Waals surface area contributed by atoms with Crippen LogP contribution in [0, 0.1) is 11.3 Å². The van der Waals surface area contributed by atoms with E-state index in [1.807, 2.05) is 12.1 Å². The van der Waals surface area contributed by atoms with Gasteiger partial charge in [0.15, 0.2) is 11.7 Å². The quantitative estimate of drug-likeness (QED) is 0.624. The zero-order valence-corrected chi connectivity index (χ0v) is 6.88. The summed E-state index contributed by atoms with van der Waals surface area (Å²) in [6, 6.07) is 7.21. The van der Waals surface area contributed by atoms with Crippen LogP contribution in [-0.4, -0.2) is 4.98 Å². The number of nitriles is 1. The van der Waals surface area contributed by atoms with Crippen LogP contribution < -0.4 is 0 Å². The van der Waals surface area contributed by atoms with Gasteiger partial charge in [0, 0.05) is 4.90 Å². The first-order valence-electron chi connectivity index (χ1n) is 3.30. The van der Waals surface area contributed by atoms with E-state index in [9.17, 15) is 0 Å². The molecule has 12 heavy (non-hydrogen) atoms. The van der Waals surface area contributed by atoms with Crippen molar-refractivity contribution in [3.63, 3.8) is 0 Å². The predicted molar refractivity (Wildman–Crippen MR) is 46.0 cm³/mol. The first-order valence-corrected chi connectivity index (χ1v) is 3.74. The number of nitrogens with zero attached hydrogens (tertiary/aromatic N) is 2. The van der Waals surface area contributed by atoms with Gasteiger partial charge in [-0.25, -0.2) is 0 Å². The fourth-order valence-electron chi connectivity index (χ4n) is 0.982. The Bertz CT molecular complexity index is 469. The van der Waals surface area contributed by atoms with E-state index in [1.165, 1.54) is 0 Å². The van der Waals surface area contributed by atoms with Gasteiger partial charge >= 0.3 is 5.89 Å². The van der Waals surface area contributed by atoms with Crippen molar-refractivity contribution in [1.82, 2.24) is 4.98 Å². The van der Waals surface area contributed by atoms with E-state index in [0.717, 1.165) is 0 Å². The summed E-state index contributed by atoms with van der Waals surface area (Å²) in [6.45, 7) is 0. The zero-order chi connectivity index (χ0) is 8.55. The van der Waals surface area contributed by atoms with E-state index in [2.05, 4.69) is 17.6 Å². The van der Waals surface area contributed by atoms with Gasteiger partial charge in [-0.05, 0) is 12.1 Å². The summed E-state index contributed by atoms with van der Waals surface area (Å²) in [4.78, 5) is 4.61. The van der Waals surface area contributed by atoms with Gasteiger partial charge in [-0.15, -0.1) is 12.6 Å². The van der Waals surface area contributed by atoms with Crippen LogP contribution >= 0.6 is 12.6 Å². The second-order valence-electron chi connectivity index (χ2n) is 2.26. The molecule has 0 bridgehead atoms. The van der Waals surface area contributed by atoms with Gasteiger partial charge in [-0.1, -0.05) is 6.07 Å². The smallest absolute Gasteiger partial charge is 0.301 e. The molecule has 0 amide bonds. The lowest BCUT2D eigenvalue weighted by atomic mass is 10.3. The van der Waals surface area contributed by atoms with Crippen LogP contribution in [-0.2, 0) is 0 Å². The average molecular weight is 176 g/mol. The third kappa shape index (κ3) is 0.953. The third-order valence-electron chi connectivity index (χ3n) is 1.49. The molecule has 1 aromatic heterocycles. The minimum atomic E-state index is 0.0755. The molecule has 0 unspecified atom stereocenters. The van der Waals surface area contributed by atoms with Crippen molar-refractivity contribution in [3.05, 3.63) is 24.1 Å². The van der Waals surface area contributed by atoms with Gasteiger partial charge in [-0.2, -0.15) is 10.2 Å². The van der Waals surface area contributed by atoms with Crippen molar-refractivity contribution in [2.45, 2.75) is 4.90 Å². The molecule has 2 rings (SSSR count). The van der Waals surface area contributed by atoms with Gasteiger partial charge in [0.25, 0.3) is 0 Å². The van der Waals surface area contributed by atoms with Crippen LogP contribution in [0.5, 0.6) is 0 Å². The Hall–Kier alpha value is -1.47. The molecule has 3 nitrogen and oxygen atoms in total. The molecule has 0 radical (unpaired) electrons. The number of oxazole rings is 1. The highest BCUT2D eigenvalue weighted by molar-refractivity contribution is 7.80. The Morgan fingerprint density at radius 1 is 1.50 bits per heavy atom. The molecule has 0 aliphatic rings. The van der Waals surface area contributed by atoms with Crippen molar-refractivity contribution in [1.29, 1.82) is 5.26 Å². The number of aromatic nitrogens is 1. The highest BCUT2D eigenvalue weighted by atomic mass is 32.1. The second kappa shape index (κ2) is 2.54. The number of hydrogen-bond donors (Lipinski definition) is 1. The summed E-state index contributed by atoms with van der Waals surface area (Å²) >= 11 is 4.16. The summed E-state index contributed by atoms with van der Waals surface area (Å²) in [5.41, 5.74) is 1.23. The third-order valence-corrected chi connectivity index (χ3v) is 1.84. The largest absolute Gasteiger partial charge is 0.427 e. The highest BCUT2D eigenvalue weighted by Crippen LogP contribution is 2.21. The van der Waals surface area contributed by atoms with E-state index >= 15 is 0 Å². The van der Waals surface area contributed by atoms with Gasteiger partial charge in [0.05, 0.1) is 0 Å². The average Bonchev–Trinajstić information content (AvgIpc) is 2.49. The predicted octanol–water partition coefficient (Wildman–Crippen LogP) is 1.99. The molecule has 0 spiro atoms. The first kappa shape index (κ1) is 7.19. The Morgan fingerprint density at radius 2 is 2.33 bits per heavy atom. The van der Waals surface area contributed by atoms with E-state index in [4.69, 9.17) is 9.68 Å². The van der Waals surface area contributed by atoms with Crippen molar-refractivity contribution >= 4 is 23.7 Å². The molecule has 0 atom stereocenters. The lowest BCUT2D eigenvalue weighted by Crippen LogP contribution is -1.69. The van der Waals surface area contributed by atoms with Crippen LogP contribution in [0.1, 0.15) is 5.89 Å². The van der Waals surface area contributed by atoms with Crippen LogP contribution in [0.25, 0.3) is 11.1 Å². The van der Waals surface area contributed by atoms with Gasteiger partial charge in [0.2, 0.25) is 0 Å². The first-order chi connectivity index (χ1) is 5.81. The van der Waals surface area contributed by atoms with Gasteiger partial charge < -0.3 is 4.42 Å². The normalized spacial score (nSPS) is 10.0. The van der Waals surface area contributed by atoms with Crippen LogP contribution in [0.3, 0.4) is 0 Å². The van der Waals surface area contributed by atoms with Crippen LogP contribution in [0.4, 0.5) is 0 Å². The molecular formula is C8H4N2OS. The number of rotatable bonds is 0. The molecule has 0 N–H and O–H groups in total. The number of fused-ring (bicyclic) bond motifs is 1. The highest BCUT2D eigenvalue weighted by Gasteiger charge is 2.05. The topological polar surface area (TPSA) is 49.8 Å². The van der Waals surface area contributed by atoms with E-state index < -0.39 is 0 Å². The molecule has 0 aliphatic carbocycles. The van der Waals surface area contributed by atoms with Crippen LogP contribution in [0.15, 0.2) is 27.5 Å². The molecule has 0 saturated carbocycles. The molecule has 4 heteroatoms. The molecule has 0 saturated heterocycles. The Morgan fingerprint density at radius 3 is 3.00 bits per heavy atom. The SMILES string of the molecule is N#Cc1nc2cccc(S)c2o1. The minimum absolute atomic E-state index is 0.0755. The summed E-state index contributed by atoms with van der Waals surface area (Å²) in [5.74, 6) is 0.0755. The Kier molecular flexibility index (Phi) is 1.52. The second-order valence-corrected chi connectivity index (χ2v) is 2.74. The molecule has 0 aliphatic heterocycles. The molecule has 2 aromatic rings. The fourth-order valence-corrected chi connectivity index (χ4v) is 1.23. The van der Waals surface area contributed by atoms with E-state index in [-0.39, 0.29) is 5.89 Å². The van der Waals surface area contributed by atoms with Crippen molar-refractivity contribution < 1.29 is 4.42 Å². The number of para-hydroxylation sites is 1. The summed E-state index contributed by atoms with van der Waals surface area (Å²) in [6.07, 6.45) is 0. The van der Waals surface area contributed by atoms with Gasteiger partial charge in [-0.3, -0.25) is 0 Å². The maximum absolute atomic E-state index is 8.50. The lowest BCUT2D eigenvalue weighted by molar-refractivity contribution is 0.578. The summed E-state index contributed by atoms with van der Waals surface area (Å²) in [5, 5.41) is 8.50. The fraction of sp³-hybridized carbons (Fsp3) is 0. The Labute approximate surface area is 74.0 Å². The molecule has 1 aromatic carbocycles. The molecule has 1 heterocycles. The maximum Gasteiger partial charge on any atom is 0.301 e. The van der Waals surface area contributed by atoms with Gasteiger partial charge in [0.1, 0.15) is 5.52 Å². The number of thiol groups is 1. The standard InChI is InChI=1S/C8H4N2OS/c9-4-7-10-5-2-1-3-6(12)8(5)11-7/h1-3,12H. The van der Waals surface area contributed by atoms with Crippen LogP contribution in [0.2, 0.25) is 0 Å². The summed E-state index contributed by atoms with van der Waals surface area (Å²) < 4.78 is 5.10. The summed E-state index contributed by atoms with van der Waals surface area (Å²) in [7, 11) is 0. The van der Waals surface area contributed by atoms with E-state index in [0.29, 0.717) is 16.0 Å². The number of benzene rings is 1. The monoisotopic (exact) mass is 176 g/mol. The Balaban J connectivity index is 2.85. The van der Waals surface area contributed by atoms with E-state index in [1.54, 1.807) is 12.1 Å². The van der Waals surface area contributed by atoms with Crippen molar-refractivity contribution in [3.8, 4) is 6.07 Å². The number of hydrogen-bond acceptors (Lipinski definition) is 4. The molecule has 0 fully saturated rings. The molecular weight excluding hydrogens is 172 g/mol. The maximum atomic E-state index is 8.50. The zero-order valence-electron chi connectivity index (χ0n) is 5.98. The van der Waals surface area contributed by atoms with Crippen molar-refractivity contribution in [2.24, 2.45) is 0 Å².